The average molecular weight is 235 g/mol. The maximum Gasteiger partial charge on any atom is 0.0730 e. The summed E-state index contributed by atoms with van der Waals surface area (Å²) in [6.45, 7) is 0. The summed E-state index contributed by atoms with van der Waals surface area (Å²) >= 11 is 2.90. The summed E-state index contributed by atoms with van der Waals surface area (Å²) in [6, 6.07) is 7.37. The Morgan fingerprint density at radius 1 is 1.20 bits per heavy atom. The van der Waals surface area contributed by atoms with E-state index in [1.807, 2.05) is 29.0 Å². The lowest BCUT2D eigenvalue weighted by Crippen LogP contribution is -2.23. The molecule has 0 fully saturated rings. The fourth-order valence-electron chi connectivity index (χ4n) is 1.18. The Labute approximate surface area is 95.1 Å². The molecule has 0 saturated heterocycles. The molecule has 76 valence electrons. The van der Waals surface area contributed by atoms with Gasteiger partial charge >= 0.3 is 0 Å². The summed E-state index contributed by atoms with van der Waals surface area (Å²) in [6.07, 6.45) is 1.64. The van der Waals surface area contributed by atoms with Gasteiger partial charge in [-0.25, -0.2) is 0 Å². The van der Waals surface area contributed by atoms with Crippen molar-refractivity contribution in [3.63, 3.8) is 0 Å². The van der Waals surface area contributed by atoms with E-state index in [1.54, 1.807) is 12.1 Å². The van der Waals surface area contributed by atoms with Gasteiger partial charge < -0.3 is 9.90 Å². The first-order valence-corrected chi connectivity index (χ1v) is 6.04. The summed E-state index contributed by atoms with van der Waals surface area (Å²) in [4.78, 5) is 12.6. The molecule has 0 aliphatic carbocycles. The first-order chi connectivity index (χ1) is 7.27. The Morgan fingerprint density at radius 3 is 2.47 bits per heavy atom. The molecule has 0 saturated carbocycles. The van der Waals surface area contributed by atoms with Crippen molar-refractivity contribution in [3.05, 3.63) is 44.8 Å². The predicted molar refractivity (Wildman–Crippen MR) is 61.5 cm³/mol. The smallest absolute Gasteiger partial charge is 0.0730 e. The van der Waals surface area contributed by atoms with Crippen LogP contribution in [0.25, 0.3) is 11.6 Å². The van der Waals surface area contributed by atoms with Crippen LogP contribution in [0, 0.1) is 0 Å². The molecule has 2 heterocycles. The normalized spacial score (nSPS) is 11.6. The Hall–Kier alpha value is -1.39. The Kier molecular flexibility index (Phi) is 2.99. The first kappa shape index (κ1) is 10.1. The van der Waals surface area contributed by atoms with Crippen molar-refractivity contribution in [2.45, 2.75) is 0 Å². The lowest BCUT2D eigenvalue weighted by atomic mass is 10.2. The van der Waals surface area contributed by atoms with Crippen molar-refractivity contribution in [1.29, 1.82) is 0 Å². The monoisotopic (exact) mass is 235 g/mol. The lowest BCUT2D eigenvalue weighted by Gasteiger charge is -2.04. The van der Waals surface area contributed by atoms with Gasteiger partial charge in [0.1, 0.15) is 0 Å². The molecular weight excluding hydrogens is 228 g/mol. The number of hydrogen-bond donors (Lipinski definition) is 0. The molecule has 0 amide bonds. The van der Waals surface area contributed by atoms with Gasteiger partial charge in [0.05, 0.1) is 5.97 Å². The van der Waals surface area contributed by atoms with Crippen LogP contribution in [0.2, 0.25) is 0 Å². The third-order valence-electron chi connectivity index (χ3n) is 1.84. The number of carboxylic acid groups (broad SMARTS) is 1. The van der Waals surface area contributed by atoms with Gasteiger partial charge in [-0.2, -0.15) is 0 Å². The number of thiophene rings is 2. The van der Waals surface area contributed by atoms with Crippen molar-refractivity contribution >= 4 is 40.3 Å². The van der Waals surface area contributed by atoms with E-state index in [1.165, 1.54) is 22.7 Å². The molecule has 0 spiro atoms. The van der Waals surface area contributed by atoms with E-state index in [0.29, 0.717) is 0 Å². The van der Waals surface area contributed by atoms with Gasteiger partial charge in [0.15, 0.2) is 0 Å². The minimum absolute atomic E-state index is 0.243. The molecule has 0 bridgehead atoms. The molecule has 4 heteroatoms. The third-order valence-corrected chi connectivity index (χ3v) is 3.56. The number of hydrogen-bond acceptors (Lipinski definition) is 4. The SMILES string of the molecule is O=C([O-])/C(=C\c1cccs1)c1cccs1. The number of carbonyl (C=O) groups is 1. The van der Waals surface area contributed by atoms with E-state index >= 15 is 0 Å². The van der Waals surface area contributed by atoms with Crippen molar-refractivity contribution in [2.75, 3.05) is 0 Å². The van der Waals surface area contributed by atoms with Gasteiger partial charge in [0, 0.05) is 15.3 Å². The molecule has 2 nitrogen and oxygen atoms in total. The summed E-state index contributed by atoms with van der Waals surface area (Å²) in [5.41, 5.74) is 0.243. The van der Waals surface area contributed by atoms with E-state index in [9.17, 15) is 9.90 Å². The topological polar surface area (TPSA) is 40.1 Å². The van der Waals surface area contributed by atoms with E-state index < -0.39 is 5.97 Å². The van der Waals surface area contributed by atoms with Gasteiger partial charge in [-0.15, -0.1) is 22.7 Å². The zero-order chi connectivity index (χ0) is 10.7. The van der Waals surface area contributed by atoms with Crippen molar-refractivity contribution in [3.8, 4) is 0 Å². The molecule has 0 aliphatic rings. The number of aliphatic carboxylic acids is 1. The number of carboxylic acids is 1. The molecule has 2 aromatic heterocycles. The minimum atomic E-state index is -1.13. The highest BCUT2D eigenvalue weighted by molar-refractivity contribution is 7.12. The van der Waals surface area contributed by atoms with E-state index in [0.717, 1.165) is 9.75 Å². The lowest BCUT2D eigenvalue weighted by molar-refractivity contribution is -0.295. The minimum Gasteiger partial charge on any atom is -0.545 e. The molecule has 0 aromatic carbocycles. The van der Waals surface area contributed by atoms with E-state index in [2.05, 4.69) is 0 Å². The van der Waals surface area contributed by atoms with Crippen molar-refractivity contribution < 1.29 is 9.90 Å². The summed E-state index contributed by atoms with van der Waals surface area (Å²) < 4.78 is 0. The predicted octanol–water partition coefficient (Wildman–Crippen LogP) is 2.10. The standard InChI is InChI=1S/C11H8O2S2/c12-11(13)9(10-4-2-6-15-10)7-8-3-1-5-14-8/h1-7H,(H,12,13)/p-1/b9-7-. The molecule has 15 heavy (non-hydrogen) atoms. The highest BCUT2D eigenvalue weighted by Gasteiger charge is 2.04. The van der Waals surface area contributed by atoms with Crippen LogP contribution >= 0.6 is 22.7 Å². The van der Waals surface area contributed by atoms with Gasteiger partial charge in [-0.3, -0.25) is 0 Å². The fraction of sp³-hybridized carbons (Fsp3) is 0. The third kappa shape index (κ3) is 2.34. The van der Waals surface area contributed by atoms with Crippen molar-refractivity contribution in [1.82, 2.24) is 0 Å². The molecular formula is C11H7O2S2-. The quantitative estimate of drug-likeness (QED) is 0.764. The first-order valence-electron chi connectivity index (χ1n) is 4.28. The molecule has 2 aromatic rings. The van der Waals surface area contributed by atoms with Crippen LogP contribution in [-0.2, 0) is 4.79 Å². The summed E-state index contributed by atoms with van der Waals surface area (Å²) in [5.74, 6) is -1.13. The molecule has 0 unspecified atom stereocenters. The highest BCUT2D eigenvalue weighted by atomic mass is 32.1. The maximum atomic E-state index is 11.0. The second kappa shape index (κ2) is 4.42. The largest absolute Gasteiger partial charge is 0.545 e. The van der Waals surface area contributed by atoms with Crippen LogP contribution in [0.5, 0.6) is 0 Å². The maximum absolute atomic E-state index is 11.0. The van der Waals surface area contributed by atoms with E-state index in [-0.39, 0.29) is 5.57 Å². The van der Waals surface area contributed by atoms with Crippen LogP contribution in [-0.4, -0.2) is 5.97 Å². The molecule has 0 aliphatic heterocycles. The summed E-state index contributed by atoms with van der Waals surface area (Å²) in [5, 5.41) is 14.7. The van der Waals surface area contributed by atoms with Crippen LogP contribution in [0.3, 0.4) is 0 Å². The number of carbonyl (C=O) groups excluding carboxylic acids is 1. The molecule has 0 N–H and O–H groups in total. The Bertz CT molecular complexity index is 467. The van der Waals surface area contributed by atoms with Crippen LogP contribution in [0.4, 0.5) is 0 Å². The summed E-state index contributed by atoms with van der Waals surface area (Å²) in [7, 11) is 0. The average Bonchev–Trinajstić information content (AvgIpc) is 2.87. The molecule has 0 radical (unpaired) electrons. The second-order valence-electron chi connectivity index (χ2n) is 2.84. The second-order valence-corrected chi connectivity index (χ2v) is 4.77. The van der Waals surface area contributed by atoms with Gasteiger partial charge in [-0.1, -0.05) is 12.1 Å². The van der Waals surface area contributed by atoms with Gasteiger partial charge in [-0.05, 0) is 29.0 Å². The van der Waals surface area contributed by atoms with Crippen LogP contribution in [0.1, 0.15) is 9.75 Å². The van der Waals surface area contributed by atoms with Crippen molar-refractivity contribution in [2.24, 2.45) is 0 Å². The molecule has 2 rings (SSSR count). The van der Waals surface area contributed by atoms with Gasteiger partial charge in [0.25, 0.3) is 0 Å². The van der Waals surface area contributed by atoms with Gasteiger partial charge in [0.2, 0.25) is 0 Å². The fourth-order valence-corrected chi connectivity index (χ4v) is 2.57. The van der Waals surface area contributed by atoms with Crippen LogP contribution < -0.4 is 5.11 Å². The Balaban J connectivity index is 2.41. The molecule has 0 atom stereocenters. The van der Waals surface area contributed by atoms with E-state index in [4.69, 9.17) is 0 Å². The van der Waals surface area contributed by atoms with Crippen LogP contribution in [0.15, 0.2) is 35.0 Å². The zero-order valence-electron chi connectivity index (χ0n) is 7.67. The number of rotatable bonds is 3. The Morgan fingerprint density at radius 2 is 1.93 bits per heavy atom. The highest BCUT2D eigenvalue weighted by Crippen LogP contribution is 2.23. The zero-order valence-corrected chi connectivity index (χ0v) is 9.31.